The zero-order valence-electron chi connectivity index (χ0n) is 17.0. The largest absolute Gasteiger partial charge is 0.487 e. The predicted octanol–water partition coefficient (Wildman–Crippen LogP) is 3.42. The highest BCUT2D eigenvalue weighted by atomic mass is 35.5. The molecule has 1 heterocycles. The van der Waals surface area contributed by atoms with E-state index in [1.165, 1.54) is 17.8 Å². The van der Waals surface area contributed by atoms with Crippen LogP contribution < -0.4 is 15.4 Å². The van der Waals surface area contributed by atoms with Gasteiger partial charge in [-0.3, -0.25) is 14.4 Å². The summed E-state index contributed by atoms with van der Waals surface area (Å²) < 4.78 is 34.9. The Kier molecular flexibility index (Phi) is 8.36. The van der Waals surface area contributed by atoms with Gasteiger partial charge in [0.25, 0.3) is 5.91 Å². The van der Waals surface area contributed by atoms with E-state index < -0.39 is 41.1 Å². The second-order valence-corrected chi connectivity index (χ2v) is 9.44. The van der Waals surface area contributed by atoms with Crippen molar-refractivity contribution in [2.24, 2.45) is 5.92 Å². The molecule has 1 atom stereocenters. The SMILES string of the molecule is O=C(NCCNC(=O)C1CC=C(Cl)S1)c1ccc(O[C@H]2CC[C@@H](C(=O)O)CC2)c(F)c1F. The van der Waals surface area contributed by atoms with Crippen LogP contribution in [0.4, 0.5) is 8.78 Å². The van der Waals surface area contributed by atoms with Crippen LogP contribution in [-0.4, -0.2) is 47.3 Å². The minimum absolute atomic E-state index is 0.0370. The fourth-order valence-electron chi connectivity index (χ4n) is 3.57. The van der Waals surface area contributed by atoms with Gasteiger partial charge >= 0.3 is 5.97 Å². The van der Waals surface area contributed by atoms with Crippen LogP contribution in [-0.2, 0) is 9.59 Å². The van der Waals surface area contributed by atoms with Crippen molar-refractivity contribution in [1.82, 2.24) is 10.6 Å². The lowest BCUT2D eigenvalue weighted by molar-refractivity contribution is -0.143. The molecule has 1 aromatic rings. The van der Waals surface area contributed by atoms with Crippen LogP contribution in [0.25, 0.3) is 0 Å². The molecule has 0 spiro atoms. The summed E-state index contributed by atoms with van der Waals surface area (Å²) in [6.45, 7) is 0.165. The Morgan fingerprint density at radius 3 is 2.41 bits per heavy atom. The van der Waals surface area contributed by atoms with Crippen LogP contribution in [0.5, 0.6) is 5.75 Å². The van der Waals surface area contributed by atoms with Crippen molar-refractivity contribution in [3.8, 4) is 5.75 Å². The first-order valence-corrected chi connectivity index (χ1v) is 11.5. The monoisotopic (exact) mass is 488 g/mol. The van der Waals surface area contributed by atoms with Crippen LogP contribution in [0.3, 0.4) is 0 Å². The molecule has 3 rings (SSSR count). The quantitative estimate of drug-likeness (QED) is 0.484. The number of hydrogen-bond donors (Lipinski definition) is 3. The van der Waals surface area contributed by atoms with Gasteiger partial charge in [-0.15, -0.1) is 11.8 Å². The van der Waals surface area contributed by atoms with E-state index in [2.05, 4.69) is 10.6 Å². The van der Waals surface area contributed by atoms with E-state index in [-0.39, 0.29) is 30.0 Å². The molecule has 3 N–H and O–H groups in total. The number of carboxylic acids is 1. The molecule has 1 aromatic carbocycles. The number of benzene rings is 1. The van der Waals surface area contributed by atoms with Crippen molar-refractivity contribution in [3.05, 3.63) is 39.8 Å². The normalized spacial score (nSPS) is 22.7. The highest BCUT2D eigenvalue weighted by molar-refractivity contribution is 8.06. The van der Waals surface area contributed by atoms with E-state index in [1.807, 2.05) is 0 Å². The molecular formula is C21H23ClF2N2O5S. The maximum Gasteiger partial charge on any atom is 0.306 e. The van der Waals surface area contributed by atoms with Gasteiger partial charge in [0.2, 0.25) is 11.7 Å². The maximum absolute atomic E-state index is 14.4. The number of carboxylic acid groups (broad SMARTS) is 1. The van der Waals surface area contributed by atoms with E-state index in [0.717, 1.165) is 6.07 Å². The molecule has 1 fully saturated rings. The van der Waals surface area contributed by atoms with Gasteiger partial charge in [0.05, 0.1) is 27.2 Å². The van der Waals surface area contributed by atoms with Crippen molar-refractivity contribution in [2.75, 3.05) is 13.1 Å². The van der Waals surface area contributed by atoms with Gasteiger partial charge in [-0.1, -0.05) is 17.7 Å². The third-order valence-electron chi connectivity index (χ3n) is 5.36. The third-order valence-corrected chi connectivity index (χ3v) is 6.86. The van der Waals surface area contributed by atoms with E-state index in [0.29, 0.717) is 36.5 Å². The van der Waals surface area contributed by atoms with Crippen molar-refractivity contribution in [1.29, 1.82) is 0 Å². The van der Waals surface area contributed by atoms with Crippen LogP contribution in [0.15, 0.2) is 22.6 Å². The summed E-state index contributed by atoms with van der Waals surface area (Å²) in [6, 6.07) is 2.32. The van der Waals surface area contributed by atoms with Gasteiger partial charge in [-0.25, -0.2) is 4.39 Å². The second kappa shape index (κ2) is 11.0. The highest BCUT2D eigenvalue weighted by Gasteiger charge is 2.28. The standard InChI is InChI=1S/C21H23ClF2N2O5S/c22-16-8-7-15(32-16)20(28)26-10-9-25-19(27)13-5-6-14(18(24)17(13)23)31-12-3-1-11(2-4-12)21(29)30/h5-6,8,11-12,15H,1-4,7,9-10H2,(H,25,27)(H,26,28)(H,29,30)/t11-,12+,15?. The molecule has 11 heteroatoms. The van der Waals surface area contributed by atoms with Crippen LogP contribution in [0, 0.1) is 17.6 Å². The van der Waals surface area contributed by atoms with Crippen LogP contribution in [0.1, 0.15) is 42.5 Å². The lowest BCUT2D eigenvalue weighted by Crippen LogP contribution is -2.38. The molecule has 32 heavy (non-hydrogen) atoms. The molecule has 0 radical (unpaired) electrons. The minimum atomic E-state index is -1.33. The molecule has 174 valence electrons. The fourth-order valence-corrected chi connectivity index (χ4v) is 4.83. The molecule has 0 aromatic heterocycles. The number of rotatable bonds is 8. The first kappa shape index (κ1) is 24.3. The lowest BCUT2D eigenvalue weighted by atomic mass is 9.87. The summed E-state index contributed by atoms with van der Waals surface area (Å²) in [4.78, 5) is 35.2. The summed E-state index contributed by atoms with van der Waals surface area (Å²) in [6.07, 6.45) is 3.53. The number of allylic oxidation sites excluding steroid dienone is 1. The summed E-state index contributed by atoms with van der Waals surface area (Å²) in [7, 11) is 0. The van der Waals surface area contributed by atoms with Gasteiger partial charge < -0.3 is 20.5 Å². The first-order valence-electron chi connectivity index (χ1n) is 10.2. The van der Waals surface area contributed by atoms with E-state index >= 15 is 0 Å². The summed E-state index contributed by atoms with van der Waals surface area (Å²) in [5.74, 6) is -5.25. The molecule has 1 aliphatic heterocycles. The molecule has 2 aliphatic rings. The van der Waals surface area contributed by atoms with E-state index in [9.17, 15) is 23.2 Å². The van der Waals surface area contributed by atoms with Gasteiger partial charge in [0.1, 0.15) is 0 Å². The first-order chi connectivity index (χ1) is 15.3. The van der Waals surface area contributed by atoms with Gasteiger partial charge in [-0.05, 0) is 44.2 Å². The zero-order valence-corrected chi connectivity index (χ0v) is 18.6. The fraction of sp³-hybridized carbons (Fsp3) is 0.476. The number of nitrogens with one attached hydrogen (secondary N) is 2. The number of halogens is 3. The lowest BCUT2D eigenvalue weighted by Gasteiger charge is -2.27. The Morgan fingerprint density at radius 2 is 1.78 bits per heavy atom. The number of amides is 2. The average molecular weight is 489 g/mol. The Labute approximate surface area is 192 Å². The Balaban J connectivity index is 1.47. The topological polar surface area (TPSA) is 105 Å². The minimum Gasteiger partial charge on any atom is -0.487 e. The number of carbonyl (C=O) groups excluding carboxylic acids is 2. The van der Waals surface area contributed by atoms with Gasteiger partial charge in [0.15, 0.2) is 11.6 Å². The molecule has 0 saturated heterocycles. The number of aliphatic carboxylic acids is 1. The molecular weight excluding hydrogens is 466 g/mol. The molecule has 1 unspecified atom stereocenters. The summed E-state index contributed by atoms with van der Waals surface area (Å²) in [5, 5.41) is 13.8. The van der Waals surface area contributed by atoms with Crippen molar-refractivity contribution in [3.63, 3.8) is 0 Å². The van der Waals surface area contributed by atoms with Gasteiger partial charge in [0, 0.05) is 13.1 Å². The summed E-state index contributed by atoms with van der Waals surface area (Å²) in [5.41, 5.74) is -0.474. The Morgan fingerprint density at radius 1 is 1.09 bits per heavy atom. The maximum atomic E-state index is 14.4. The number of thioether (sulfide) groups is 1. The van der Waals surface area contributed by atoms with Crippen molar-refractivity contribution < 1.29 is 33.0 Å². The Bertz CT molecular complexity index is 922. The number of ether oxygens (including phenoxy) is 1. The third kappa shape index (κ3) is 6.13. The molecule has 1 aliphatic carbocycles. The number of hydrogen-bond acceptors (Lipinski definition) is 5. The zero-order chi connectivity index (χ0) is 23.3. The Hall–Kier alpha value is -2.33. The van der Waals surface area contributed by atoms with Crippen LogP contribution in [0.2, 0.25) is 0 Å². The average Bonchev–Trinajstić information content (AvgIpc) is 3.21. The molecule has 2 amide bonds. The molecule has 0 bridgehead atoms. The van der Waals surface area contributed by atoms with E-state index in [4.69, 9.17) is 21.4 Å². The number of carbonyl (C=O) groups is 3. The molecule has 7 nitrogen and oxygen atoms in total. The summed E-state index contributed by atoms with van der Waals surface area (Å²) >= 11 is 7.07. The highest BCUT2D eigenvalue weighted by Crippen LogP contribution is 2.34. The van der Waals surface area contributed by atoms with Crippen LogP contribution >= 0.6 is 23.4 Å². The van der Waals surface area contributed by atoms with Crippen molar-refractivity contribution >= 4 is 41.1 Å². The van der Waals surface area contributed by atoms with Crippen molar-refractivity contribution in [2.45, 2.75) is 43.5 Å². The second-order valence-electron chi connectivity index (χ2n) is 7.57. The van der Waals surface area contributed by atoms with E-state index in [1.54, 1.807) is 6.08 Å². The molecule has 1 saturated carbocycles. The smallest absolute Gasteiger partial charge is 0.306 e. The van der Waals surface area contributed by atoms with Gasteiger partial charge in [-0.2, -0.15) is 4.39 Å². The predicted molar refractivity (Wildman–Crippen MR) is 116 cm³/mol.